The van der Waals surface area contributed by atoms with Crippen molar-refractivity contribution >= 4 is 17.9 Å². The van der Waals surface area contributed by atoms with Gasteiger partial charge in [0.25, 0.3) is 0 Å². The number of carbonyl (C=O) groups excluding carboxylic acids is 3. The summed E-state index contributed by atoms with van der Waals surface area (Å²) in [4.78, 5) is 71.6. The van der Waals surface area contributed by atoms with Gasteiger partial charge in [-0.05, 0) is 0 Å². The number of ether oxygens (including phenoxy) is 3. The van der Waals surface area contributed by atoms with E-state index in [1.54, 1.807) is 17.8 Å². The van der Waals surface area contributed by atoms with Crippen molar-refractivity contribution in [1.29, 1.82) is 0 Å². The minimum Gasteiger partial charge on any atom is -0.453 e. The van der Waals surface area contributed by atoms with Crippen LogP contribution in [0.5, 0.6) is 0 Å². The van der Waals surface area contributed by atoms with Gasteiger partial charge in [-0.25, -0.2) is 42.5 Å². The van der Waals surface area contributed by atoms with Gasteiger partial charge in [0.15, 0.2) is 0 Å². The van der Waals surface area contributed by atoms with Crippen LogP contribution in [0.25, 0.3) is 0 Å². The maximum atomic E-state index is 12.8. The zero-order valence-corrected chi connectivity index (χ0v) is 18.6. The van der Waals surface area contributed by atoms with Gasteiger partial charge in [0.2, 0.25) is 0 Å². The van der Waals surface area contributed by atoms with E-state index in [1.165, 1.54) is 0 Å². The summed E-state index contributed by atoms with van der Waals surface area (Å²) >= 11 is 0. The summed E-state index contributed by atoms with van der Waals surface area (Å²) in [5.41, 5.74) is -3.92. The van der Waals surface area contributed by atoms with Gasteiger partial charge in [0.05, 0.1) is 19.6 Å². The third-order valence-corrected chi connectivity index (χ3v) is 4.14. The second-order valence-electron chi connectivity index (χ2n) is 6.87. The SMILES string of the molecule is C#CC(=O)OCC(O)Cn1c(=O)n(CC(O)COC(=O)C#C)c(=O)n(CC(O)COC(=O)C#C)c1=O. The third kappa shape index (κ3) is 8.62. The number of aliphatic hydroxyl groups is 3. The van der Waals surface area contributed by atoms with Crippen molar-refractivity contribution in [2.45, 2.75) is 37.9 Å². The monoisotopic (exact) mass is 507 g/mol. The quantitative estimate of drug-likeness (QED) is 0.105. The van der Waals surface area contributed by atoms with E-state index in [-0.39, 0.29) is 0 Å². The van der Waals surface area contributed by atoms with E-state index in [0.29, 0.717) is 13.7 Å². The van der Waals surface area contributed by atoms with E-state index >= 15 is 0 Å². The van der Waals surface area contributed by atoms with Crippen LogP contribution in [0.3, 0.4) is 0 Å². The number of terminal acetylenes is 3. The maximum absolute atomic E-state index is 12.8. The molecule has 0 aromatic carbocycles. The Morgan fingerprint density at radius 2 is 0.833 bits per heavy atom. The fourth-order valence-electron chi connectivity index (χ4n) is 2.58. The van der Waals surface area contributed by atoms with Crippen LogP contribution in [0, 0.1) is 37.0 Å². The van der Waals surface area contributed by atoms with Crippen LogP contribution >= 0.6 is 0 Å². The smallest absolute Gasteiger partial charge is 0.384 e. The molecule has 0 aliphatic heterocycles. The Kier molecular flexibility index (Phi) is 11.4. The fraction of sp³-hybridized carbons (Fsp3) is 0.429. The Labute approximate surface area is 202 Å². The van der Waals surface area contributed by atoms with Crippen molar-refractivity contribution < 1.29 is 43.9 Å². The van der Waals surface area contributed by atoms with Gasteiger partial charge in [-0.2, -0.15) is 0 Å². The van der Waals surface area contributed by atoms with E-state index < -0.39 is 92.7 Å². The molecule has 192 valence electrons. The van der Waals surface area contributed by atoms with Gasteiger partial charge in [0, 0.05) is 17.8 Å². The average molecular weight is 507 g/mol. The third-order valence-electron chi connectivity index (χ3n) is 4.14. The number of carbonyl (C=O) groups is 3. The number of hydrogen-bond acceptors (Lipinski definition) is 12. The zero-order valence-electron chi connectivity index (χ0n) is 18.6. The second-order valence-corrected chi connectivity index (χ2v) is 6.87. The minimum absolute atomic E-state index is 0.357. The van der Waals surface area contributed by atoms with Crippen LogP contribution in [-0.4, -0.2) is 85.1 Å². The predicted molar refractivity (Wildman–Crippen MR) is 117 cm³/mol. The van der Waals surface area contributed by atoms with Crippen LogP contribution < -0.4 is 17.1 Å². The largest absolute Gasteiger partial charge is 0.453 e. The molecule has 36 heavy (non-hydrogen) atoms. The molecule has 0 aliphatic carbocycles. The minimum atomic E-state index is -1.64. The summed E-state index contributed by atoms with van der Waals surface area (Å²) < 4.78 is 14.6. The van der Waals surface area contributed by atoms with Crippen molar-refractivity contribution in [3.63, 3.8) is 0 Å². The molecule has 0 aliphatic rings. The lowest BCUT2D eigenvalue weighted by Gasteiger charge is -2.19. The highest BCUT2D eigenvalue weighted by Gasteiger charge is 2.22. The Balaban J connectivity index is 3.37. The lowest BCUT2D eigenvalue weighted by atomic mass is 10.3. The Hall–Kier alpha value is -4.62. The zero-order chi connectivity index (χ0) is 27.4. The van der Waals surface area contributed by atoms with Gasteiger partial charge >= 0.3 is 35.0 Å². The molecule has 3 unspecified atom stereocenters. The number of aliphatic hydroxyl groups excluding tert-OH is 3. The molecule has 15 nitrogen and oxygen atoms in total. The summed E-state index contributed by atoms with van der Waals surface area (Å²) in [6, 6.07) is 0. The number of hydrogen-bond donors (Lipinski definition) is 3. The molecule has 0 radical (unpaired) electrons. The van der Waals surface area contributed by atoms with Crippen LogP contribution in [0.4, 0.5) is 0 Å². The summed E-state index contributed by atoms with van der Waals surface area (Å²) in [5, 5.41) is 30.2. The van der Waals surface area contributed by atoms with Crippen molar-refractivity contribution in [3.05, 3.63) is 31.5 Å². The molecule has 0 saturated heterocycles. The normalized spacial score (nSPS) is 12.7. The summed E-state index contributed by atoms with van der Waals surface area (Å²) in [7, 11) is 0. The highest BCUT2D eigenvalue weighted by Crippen LogP contribution is 1.94. The summed E-state index contributed by atoms with van der Waals surface area (Å²) in [6.45, 7) is -4.57. The Morgan fingerprint density at radius 1 is 0.611 bits per heavy atom. The van der Waals surface area contributed by atoms with Crippen molar-refractivity contribution in [3.8, 4) is 37.0 Å². The molecular formula is C21H21N3O12. The first-order chi connectivity index (χ1) is 16.9. The van der Waals surface area contributed by atoms with Crippen molar-refractivity contribution in [2.24, 2.45) is 0 Å². The molecule has 0 bridgehead atoms. The summed E-state index contributed by atoms with van der Waals surface area (Å²) in [6.07, 6.45) is 9.55. The molecule has 3 N–H and O–H groups in total. The molecule has 1 rings (SSSR count). The van der Waals surface area contributed by atoms with E-state index in [2.05, 4.69) is 14.2 Å². The molecule has 0 saturated carbocycles. The average Bonchev–Trinajstić information content (AvgIpc) is 2.86. The molecule has 3 atom stereocenters. The topological polar surface area (TPSA) is 206 Å². The molecule has 1 aromatic heterocycles. The molecule has 0 amide bonds. The number of rotatable bonds is 12. The van der Waals surface area contributed by atoms with Crippen LogP contribution in [0.1, 0.15) is 0 Å². The first kappa shape index (κ1) is 29.4. The molecule has 1 heterocycles. The van der Waals surface area contributed by atoms with Gasteiger partial charge in [-0.1, -0.05) is 0 Å². The highest BCUT2D eigenvalue weighted by molar-refractivity contribution is 5.88. The molecule has 15 heteroatoms. The highest BCUT2D eigenvalue weighted by atomic mass is 16.5. The van der Waals surface area contributed by atoms with Gasteiger partial charge in [-0.3, -0.25) is 0 Å². The standard InChI is InChI=1S/C21H21N3O12/c1-4-16(28)34-10-13(25)7-22-19(31)23(8-14(26)11-35-17(29)5-2)21(33)24(20(22)32)9-15(27)12-36-18(30)6-3/h1-3,13-15,25-27H,7-12H2. The predicted octanol–water partition coefficient (Wildman–Crippen LogP) is -5.22. The van der Waals surface area contributed by atoms with Gasteiger partial charge < -0.3 is 29.5 Å². The first-order valence-corrected chi connectivity index (χ1v) is 9.83. The number of nitrogens with zero attached hydrogens (tertiary/aromatic N) is 3. The fourth-order valence-corrected chi connectivity index (χ4v) is 2.58. The van der Waals surface area contributed by atoms with Crippen molar-refractivity contribution in [1.82, 2.24) is 13.7 Å². The maximum Gasteiger partial charge on any atom is 0.384 e. The van der Waals surface area contributed by atoms with E-state index in [9.17, 15) is 44.1 Å². The number of aromatic nitrogens is 3. The second kappa shape index (κ2) is 13.9. The summed E-state index contributed by atoms with van der Waals surface area (Å²) in [5.74, 6) is 1.48. The van der Waals surface area contributed by atoms with Crippen molar-refractivity contribution in [2.75, 3.05) is 19.8 Å². The lowest BCUT2D eigenvalue weighted by Crippen LogP contribution is -2.57. The van der Waals surface area contributed by atoms with Crippen LogP contribution in [0.2, 0.25) is 0 Å². The molecule has 0 spiro atoms. The molecule has 0 fully saturated rings. The van der Waals surface area contributed by atoms with E-state index in [4.69, 9.17) is 19.3 Å². The molecule has 1 aromatic rings. The van der Waals surface area contributed by atoms with Crippen LogP contribution in [-0.2, 0) is 48.2 Å². The van der Waals surface area contributed by atoms with E-state index in [1.807, 2.05) is 0 Å². The van der Waals surface area contributed by atoms with Gasteiger partial charge in [-0.15, -0.1) is 19.3 Å². The molecular weight excluding hydrogens is 486 g/mol. The van der Waals surface area contributed by atoms with Gasteiger partial charge in [0.1, 0.15) is 38.1 Å². The number of esters is 3. The van der Waals surface area contributed by atoms with Crippen LogP contribution in [0.15, 0.2) is 14.4 Å². The Bertz CT molecular complexity index is 1100. The van der Waals surface area contributed by atoms with E-state index in [0.717, 1.165) is 0 Å². The lowest BCUT2D eigenvalue weighted by molar-refractivity contribution is -0.140. The first-order valence-electron chi connectivity index (χ1n) is 9.83. The Morgan fingerprint density at radius 3 is 1.03 bits per heavy atom.